The number of furan rings is 1. The largest absolute Gasteiger partial charge is 0.454 e. The average molecular weight is 435 g/mol. The highest BCUT2D eigenvalue weighted by atomic mass is 16.3. The van der Waals surface area contributed by atoms with Crippen molar-refractivity contribution < 1.29 is 9.21 Å². The molecule has 0 fully saturated rings. The molecule has 2 aromatic carbocycles. The van der Waals surface area contributed by atoms with E-state index in [1.807, 2.05) is 89.9 Å². The third-order valence-electron chi connectivity index (χ3n) is 5.92. The molecule has 0 bridgehead atoms. The van der Waals surface area contributed by atoms with Crippen LogP contribution in [0.25, 0.3) is 28.1 Å². The molecule has 6 rings (SSSR count). The molecule has 0 aliphatic carbocycles. The van der Waals surface area contributed by atoms with Gasteiger partial charge in [-0.05, 0) is 36.4 Å². The molecule has 1 N–H and O–H groups in total. The van der Waals surface area contributed by atoms with Gasteiger partial charge in [-0.25, -0.2) is 9.69 Å². The lowest BCUT2D eigenvalue weighted by Crippen LogP contribution is -2.24. The molecule has 0 spiro atoms. The van der Waals surface area contributed by atoms with E-state index in [9.17, 15) is 4.79 Å². The van der Waals surface area contributed by atoms with E-state index in [2.05, 4.69) is 10.1 Å². The van der Waals surface area contributed by atoms with Gasteiger partial charge in [0.05, 0.1) is 23.1 Å². The van der Waals surface area contributed by atoms with Crippen molar-refractivity contribution in [1.29, 1.82) is 0 Å². The Morgan fingerprint density at radius 3 is 2.64 bits per heavy atom. The van der Waals surface area contributed by atoms with Crippen molar-refractivity contribution in [2.24, 2.45) is 5.10 Å². The SMILES string of the molecule is CC(=O)N1N=C(c2ccc[nH]2)CC1c1cn(-c2ccccc2)nc1-c1cc2ccccc2o1. The summed E-state index contributed by atoms with van der Waals surface area (Å²) in [4.78, 5) is 15.8. The molecule has 7 nitrogen and oxygen atoms in total. The number of amides is 1. The predicted molar refractivity (Wildman–Crippen MR) is 126 cm³/mol. The molecule has 1 amide bonds. The summed E-state index contributed by atoms with van der Waals surface area (Å²) in [7, 11) is 0. The molecule has 0 saturated heterocycles. The van der Waals surface area contributed by atoms with Crippen LogP contribution in [0.5, 0.6) is 0 Å². The quantitative estimate of drug-likeness (QED) is 0.415. The summed E-state index contributed by atoms with van der Waals surface area (Å²) in [5, 5.41) is 12.1. The van der Waals surface area contributed by atoms with Crippen molar-refractivity contribution in [3.05, 3.63) is 96.4 Å². The van der Waals surface area contributed by atoms with Crippen LogP contribution in [0.1, 0.15) is 30.6 Å². The van der Waals surface area contributed by atoms with Crippen LogP contribution in [-0.4, -0.2) is 31.4 Å². The van der Waals surface area contributed by atoms with Gasteiger partial charge in [0.25, 0.3) is 0 Å². The molecule has 1 unspecified atom stereocenters. The van der Waals surface area contributed by atoms with Gasteiger partial charge in [-0.1, -0.05) is 36.4 Å². The minimum atomic E-state index is -0.290. The number of rotatable bonds is 4. The van der Waals surface area contributed by atoms with E-state index in [4.69, 9.17) is 9.52 Å². The lowest BCUT2D eigenvalue weighted by atomic mass is 10.00. The number of aromatic nitrogens is 3. The van der Waals surface area contributed by atoms with Gasteiger partial charge in [0.1, 0.15) is 11.3 Å². The zero-order valence-electron chi connectivity index (χ0n) is 18.0. The lowest BCUT2D eigenvalue weighted by Gasteiger charge is -2.19. The van der Waals surface area contributed by atoms with Crippen molar-refractivity contribution in [1.82, 2.24) is 19.8 Å². The molecule has 0 radical (unpaired) electrons. The number of hydrazone groups is 1. The van der Waals surface area contributed by atoms with Gasteiger partial charge in [0, 0.05) is 36.7 Å². The van der Waals surface area contributed by atoms with E-state index in [1.165, 1.54) is 6.92 Å². The summed E-state index contributed by atoms with van der Waals surface area (Å²) in [6.07, 6.45) is 4.41. The number of aromatic amines is 1. The van der Waals surface area contributed by atoms with Gasteiger partial charge in [0.15, 0.2) is 5.76 Å². The summed E-state index contributed by atoms with van der Waals surface area (Å²) in [6.45, 7) is 1.54. The fourth-order valence-electron chi connectivity index (χ4n) is 4.35. The minimum absolute atomic E-state index is 0.121. The highest BCUT2D eigenvalue weighted by Gasteiger charge is 2.35. The monoisotopic (exact) mass is 435 g/mol. The first kappa shape index (κ1) is 19.3. The van der Waals surface area contributed by atoms with Gasteiger partial charge in [-0.15, -0.1) is 0 Å². The second-order valence-electron chi connectivity index (χ2n) is 8.08. The molecule has 1 aliphatic rings. The standard InChI is InChI=1S/C26H21N5O2/c1-17(32)31-23(15-22(28-31)21-11-7-13-27-21)20-16-30(19-9-3-2-4-10-19)29-26(20)25-14-18-8-5-6-12-24(18)33-25/h2-14,16,23,27H,15H2,1H3. The van der Waals surface area contributed by atoms with Gasteiger partial charge >= 0.3 is 0 Å². The van der Waals surface area contributed by atoms with E-state index < -0.39 is 0 Å². The van der Waals surface area contributed by atoms with Crippen LogP contribution in [-0.2, 0) is 4.79 Å². The maximum Gasteiger partial charge on any atom is 0.240 e. The molecule has 1 aliphatic heterocycles. The number of hydrogen-bond donors (Lipinski definition) is 1. The molecule has 3 aromatic heterocycles. The van der Waals surface area contributed by atoms with E-state index in [-0.39, 0.29) is 11.9 Å². The van der Waals surface area contributed by atoms with E-state index in [0.29, 0.717) is 17.9 Å². The minimum Gasteiger partial charge on any atom is -0.454 e. The lowest BCUT2D eigenvalue weighted by molar-refractivity contribution is -0.130. The predicted octanol–water partition coefficient (Wildman–Crippen LogP) is 5.31. The van der Waals surface area contributed by atoms with Crippen molar-refractivity contribution in [3.8, 4) is 17.1 Å². The zero-order valence-corrected chi connectivity index (χ0v) is 18.0. The van der Waals surface area contributed by atoms with Crippen molar-refractivity contribution in [2.75, 3.05) is 0 Å². The maximum atomic E-state index is 12.6. The van der Waals surface area contributed by atoms with Crippen LogP contribution in [0.3, 0.4) is 0 Å². The third-order valence-corrected chi connectivity index (χ3v) is 5.92. The van der Waals surface area contributed by atoms with Gasteiger partial charge in [0.2, 0.25) is 5.91 Å². The second kappa shape index (κ2) is 7.63. The van der Waals surface area contributed by atoms with Crippen molar-refractivity contribution in [2.45, 2.75) is 19.4 Å². The fourth-order valence-corrected chi connectivity index (χ4v) is 4.35. The van der Waals surface area contributed by atoms with Crippen LogP contribution in [0.2, 0.25) is 0 Å². The normalized spacial score (nSPS) is 15.8. The summed E-state index contributed by atoms with van der Waals surface area (Å²) in [6, 6.07) is 23.4. The van der Waals surface area contributed by atoms with E-state index in [1.54, 1.807) is 5.01 Å². The number of para-hydroxylation sites is 2. The van der Waals surface area contributed by atoms with Crippen LogP contribution < -0.4 is 0 Å². The summed E-state index contributed by atoms with van der Waals surface area (Å²) < 4.78 is 8.01. The number of hydrogen-bond acceptors (Lipinski definition) is 4. The zero-order chi connectivity index (χ0) is 22.4. The van der Waals surface area contributed by atoms with Crippen LogP contribution in [0.4, 0.5) is 0 Å². The Labute approximate surface area is 190 Å². The Balaban J connectivity index is 1.50. The Morgan fingerprint density at radius 1 is 1.06 bits per heavy atom. The highest BCUT2D eigenvalue weighted by molar-refractivity contribution is 6.01. The Kier molecular flexibility index (Phi) is 4.47. The van der Waals surface area contributed by atoms with Crippen LogP contribution >= 0.6 is 0 Å². The van der Waals surface area contributed by atoms with Gasteiger partial charge in [-0.2, -0.15) is 10.2 Å². The maximum absolute atomic E-state index is 12.6. The smallest absolute Gasteiger partial charge is 0.240 e. The van der Waals surface area contributed by atoms with E-state index >= 15 is 0 Å². The Hall–Kier alpha value is -4.39. The summed E-state index contributed by atoms with van der Waals surface area (Å²) >= 11 is 0. The molecule has 0 saturated carbocycles. The molecule has 162 valence electrons. The first-order valence-electron chi connectivity index (χ1n) is 10.8. The van der Waals surface area contributed by atoms with Crippen molar-refractivity contribution in [3.63, 3.8) is 0 Å². The first-order valence-corrected chi connectivity index (χ1v) is 10.8. The fraction of sp³-hybridized carbons (Fsp3) is 0.115. The molecule has 1 atom stereocenters. The third kappa shape index (κ3) is 3.34. The van der Waals surface area contributed by atoms with Crippen LogP contribution in [0, 0.1) is 0 Å². The molecule has 4 heterocycles. The molecular weight excluding hydrogens is 414 g/mol. The van der Waals surface area contributed by atoms with Crippen molar-refractivity contribution >= 4 is 22.6 Å². The summed E-state index contributed by atoms with van der Waals surface area (Å²) in [5.74, 6) is 0.544. The van der Waals surface area contributed by atoms with Gasteiger partial charge < -0.3 is 9.40 Å². The van der Waals surface area contributed by atoms with E-state index in [0.717, 1.165) is 33.6 Å². The number of nitrogens with zero attached hydrogens (tertiary/aromatic N) is 4. The Morgan fingerprint density at radius 2 is 1.88 bits per heavy atom. The molecule has 7 heteroatoms. The summed E-state index contributed by atoms with van der Waals surface area (Å²) in [5.41, 5.74) is 5.06. The molecular formula is C26H21N5O2. The topological polar surface area (TPSA) is 79.4 Å². The molecule has 5 aromatic rings. The number of carbonyl (C=O) groups excluding carboxylic acids is 1. The first-order chi connectivity index (χ1) is 16.2. The number of benzene rings is 2. The number of H-pyrrole nitrogens is 1. The second-order valence-corrected chi connectivity index (χ2v) is 8.08. The van der Waals surface area contributed by atoms with Crippen LogP contribution in [0.15, 0.2) is 94.7 Å². The number of nitrogens with one attached hydrogen (secondary N) is 1. The highest BCUT2D eigenvalue weighted by Crippen LogP contribution is 2.39. The number of fused-ring (bicyclic) bond motifs is 1. The average Bonchev–Trinajstić information content (AvgIpc) is 3.63. The Bertz CT molecular complexity index is 1440. The molecule has 33 heavy (non-hydrogen) atoms. The number of carbonyl (C=O) groups is 1. The van der Waals surface area contributed by atoms with Gasteiger partial charge in [-0.3, -0.25) is 4.79 Å².